The van der Waals surface area contributed by atoms with Crippen molar-refractivity contribution in [3.05, 3.63) is 29.8 Å². The summed E-state index contributed by atoms with van der Waals surface area (Å²) in [6, 6.07) is 7.67. The standard InChI is InChI=1S/C14H21N3O2.ClH/c1-4-11-7-5-6-8-12(11)16-13(18)10-17(3)14(19)9-15-2;/h5-8,15H,4,9-10H2,1-3H3,(H,16,18);1H. The number of nitrogens with one attached hydrogen (secondary N) is 2. The zero-order valence-electron chi connectivity index (χ0n) is 12.1. The van der Waals surface area contributed by atoms with Gasteiger partial charge in [-0.3, -0.25) is 9.59 Å². The number of amides is 2. The van der Waals surface area contributed by atoms with Gasteiger partial charge in [-0.25, -0.2) is 0 Å². The summed E-state index contributed by atoms with van der Waals surface area (Å²) in [4.78, 5) is 24.8. The second-order valence-corrected chi connectivity index (χ2v) is 4.34. The van der Waals surface area contributed by atoms with E-state index in [-0.39, 0.29) is 37.3 Å². The van der Waals surface area contributed by atoms with Gasteiger partial charge < -0.3 is 15.5 Å². The second kappa shape index (κ2) is 9.34. The molecule has 0 unspecified atom stereocenters. The smallest absolute Gasteiger partial charge is 0.243 e. The first kappa shape index (κ1) is 18.4. The third kappa shape index (κ3) is 5.59. The van der Waals surface area contributed by atoms with E-state index >= 15 is 0 Å². The van der Waals surface area contributed by atoms with E-state index < -0.39 is 0 Å². The van der Waals surface area contributed by atoms with Crippen molar-refractivity contribution >= 4 is 29.9 Å². The number of carbonyl (C=O) groups is 2. The number of anilines is 1. The fraction of sp³-hybridized carbons (Fsp3) is 0.429. The fourth-order valence-corrected chi connectivity index (χ4v) is 1.73. The van der Waals surface area contributed by atoms with Crippen molar-refractivity contribution in [3.63, 3.8) is 0 Å². The van der Waals surface area contributed by atoms with E-state index in [2.05, 4.69) is 10.6 Å². The zero-order chi connectivity index (χ0) is 14.3. The Morgan fingerprint density at radius 1 is 1.25 bits per heavy atom. The van der Waals surface area contributed by atoms with E-state index in [0.29, 0.717) is 0 Å². The van der Waals surface area contributed by atoms with Crippen LogP contribution < -0.4 is 10.6 Å². The minimum absolute atomic E-state index is 0. The van der Waals surface area contributed by atoms with Gasteiger partial charge in [0.15, 0.2) is 0 Å². The SMILES string of the molecule is CCc1ccccc1NC(=O)CN(C)C(=O)CNC.Cl. The molecule has 0 saturated carbocycles. The Morgan fingerprint density at radius 2 is 1.90 bits per heavy atom. The predicted molar refractivity (Wildman–Crippen MR) is 83.3 cm³/mol. The highest BCUT2D eigenvalue weighted by molar-refractivity contribution is 5.95. The summed E-state index contributed by atoms with van der Waals surface area (Å²) < 4.78 is 0. The Bertz CT molecular complexity index is 452. The van der Waals surface area contributed by atoms with Crippen molar-refractivity contribution in [3.8, 4) is 0 Å². The minimum atomic E-state index is -0.187. The van der Waals surface area contributed by atoms with Gasteiger partial charge in [-0.1, -0.05) is 25.1 Å². The van der Waals surface area contributed by atoms with Gasteiger partial charge in [0.1, 0.15) is 0 Å². The number of nitrogens with zero attached hydrogens (tertiary/aromatic N) is 1. The summed E-state index contributed by atoms with van der Waals surface area (Å²) in [7, 11) is 3.31. The molecule has 1 aromatic carbocycles. The molecule has 0 fully saturated rings. The van der Waals surface area contributed by atoms with E-state index in [4.69, 9.17) is 0 Å². The molecule has 20 heavy (non-hydrogen) atoms. The van der Waals surface area contributed by atoms with Gasteiger partial charge in [0.25, 0.3) is 0 Å². The topological polar surface area (TPSA) is 61.4 Å². The Kier molecular flexibility index (Phi) is 8.59. The van der Waals surface area contributed by atoms with E-state index in [1.807, 2.05) is 31.2 Å². The maximum atomic E-state index is 11.9. The molecule has 6 heteroatoms. The lowest BCUT2D eigenvalue weighted by Gasteiger charge is -2.17. The lowest BCUT2D eigenvalue weighted by Crippen LogP contribution is -2.39. The molecule has 1 aromatic rings. The lowest BCUT2D eigenvalue weighted by atomic mass is 10.1. The number of para-hydroxylation sites is 1. The van der Waals surface area contributed by atoms with Crippen LogP contribution in [0.5, 0.6) is 0 Å². The van der Waals surface area contributed by atoms with Gasteiger partial charge >= 0.3 is 0 Å². The first-order valence-corrected chi connectivity index (χ1v) is 6.34. The molecule has 0 aliphatic heterocycles. The van der Waals surface area contributed by atoms with Gasteiger partial charge in [-0.15, -0.1) is 12.4 Å². The summed E-state index contributed by atoms with van der Waals surface area (Å²) in [5.41, 5.74) is 1.89. The van der Waals surface area contributed by atoms with Crippen molar-refractivity contribution < 1.29 is 9.59 Å². The average molecular weight is 300 g/mol. The molecule has 0 atom stereocenters. The maximum Gasteiger partial charge on any atom is 0.243 e. The van der Waals surface area contributed by atoms with Crippen LogP contribution in [0.25, 0.3) is 0 Å². The highest BCUT2D eigenvalue weighted by Gasteiger charge is 2.12. The van der Waals surface area contributed by atoms with Crippen LogP contribution in [0.3, 0.4) is 0 Å². The minimum Gasteiger partial charge on any atom is -0.335 e. The predicted octanol–water partition coefficient (Wildman–Crippen LogP) is 1.29. The van der Waals surface area contributed by atoms with Crippen LogP contribution in [0.4, 0.5) is 5.69 Å². The average Bonchev–Trinajstić information content (AvgIpc) is 2.39. The number of aryl methyl sites for hydroxylation is 1. The molecule has 0 heterocycles. The first-order valence-electron chi connectivity index (χ1n) is 6.34. The third-order valence-electron chi connectivity index (χ3n) is 2.81. The zero-order valence-corrected chi connectivity index (χ0v) is 12.9. The van der Waals surface area contributed by atoms with Gasteiger partial charge in [-0.05, 0) is 25.1 Å². The fourth-order valence-electron chi connectivity index (χ4n) is 1.73. The summed E-state index contributed by atoms with van der Waals surface area (Å²) in [5, 5.41) is 5.60. The summed E-state index contributed by atoms with van der Waals surface area (Å²) in [6.45, 7) is 2.32. The number of hydrogen-bond donors (Lipinski definition) is 2. The molecule has 0 saturated heterocycles. The van der Waals surface area contributed by atoms with Crippen molar-refractivity contribution in [1.82, 2.24) is 10.2 Å². The Labute approximate surface area is 126 Å². The number of halogens is 1. The molecule has 112 valence electrons. The second-order valence-electron chi connectivity index (χ2n) is 4.34. The molecule has 0 aliphatic carbocycles. The largest absolute Gasteiger partial charge is 0.335 e. The molecule has 0 aromatic heterocycles. The molecule has 0 radical (unpaired) electrons. The highest BCUT2D eigenvalue weighted by Crippen LogP contribution is 2.15. The van der Waals surface area contributed by atoms with E-state index in [1.54, 1.807) is 14.1 Å². The van der Waals surface area contributed by atoms with Gasteiger partial charge in [0.05, 0.1) is 13.1 Å². The van der Waals surface area contributed by atoms with Crippen LogP contribution in [0.2, 0.25) is 0 Å². The first-order chi connectivity index (χ1) is 9.08. The quantitative estimate of drug-likeness (QED) is 0.832. The van der Waals surface area contributed by atoms with Gasteiger partial charge in [0, 0.05) is 12.7 Å². The molecule has 0 spiro atoms. The number of benzene rings is 1. The molecule has 2 N–H and O–H groups in total. The van der Waals surface area contributed by atoms with Crippen LogP contribution >= 0.6 is 12.4 Å². The molecular weight excluding hydrogens is 278 g/mol. The van der Waals surface area contributed by atoms with Gasteiger partial charge in [-0.2, -0.15) is 0 Å². The molecule has 0 aliphatic rings. The Morgan fingerprint density at radius 3 is 2.50 bits per heavy atom. The van der Waals surface area contributed by atoms with Crippen molar-refractivity contribution in [2.45, 2.75) is 13.3 Å². The summed E-state index contributed by atoms with van der Waals surface area (Å²) in [5.74, 6) is -0.297. The van der Waals surface area contributed by atoms with Crippen molar-refractivity contribution in [2.24, 2.45) is 0 Å². The normalized spacial score (nSPS) is 9.55. The number of hydrogen-bond acceptors (Lipinski definition) is 3. The monoisotopic (exact) mass is 299 g/mol. The molecule has 2 amide bonds. The molecular formula is C14H22ClN3O2. The van der Waals surface area contributed by atoms with Crippen LogP contribution in [-0.4, -0.2) is 43.9 Å². The Balaban J connectivity index is 0.00000361. The van der Waals surface area contributed by atoms with Crippen molar-refractivity contribution in [1.29, 1.82) is 0 Å². The van der Waals surface area contributed by atoms with Crippen LogP contribution in [-0.2, 0) is 16.0 Å². The van der Waals surface area contributed by atoms with Crippen LogP contribution in [0.1, 0.15) is 12.5 Å². The molecule has 5 nitrogen and oxygen atoms in total. The lowest BCUT2D eigenvalue weighted by molar-refractivity contribution is -0.132. The number of rotatable bonds is 6. The molecule has 1 rings (SSSR count). The molecule has 0 bridgehead atoms. The van der Waals surface area contributed by atoms with E-state index in [0.717, 1.165) is 17.7 Å². The highest BCUT2D eigenvalue weighted by atomic mass is 35.5. The maximum absolute atomic E-state index is 11.9. The Hall–Kier alpha value is -1.59. The summed E-state index contributed by atoms with van der Waals surface area (Å²) in [6.07, 6.45) is 0.852. The van der Waals surface area contributed by atoms with E-state index in [9.17, 15) is 9.59 Å². The van der Waals surface area contributed by atoms with Crippen molar-refractivity contribution in [2.75, 3.05) is 32.5 Å². The van der Waals surface area contributed by atoms with E-state index in [1.165, 1.54) is 4.90 Å². The third-order valence-corrected chi connectivity index (χ3v) is 2.81. The summed E-state index contributed by atoms with van der Waals surface area (Å²) >= 11 is 0. The van der Waals surface area contributed by atoms with Crippen LogP contribution in [0.15, 0.2) is 24.3 Å². The number of carbonyl (C=O) groups excluding carboxylic acids is 2. The van der Waals surface area contributed by atoms with Gasteiger partial charge in [0.2, 0.25) is 11.8 Å². The van der Waals surface area contributed by atoms with Crippen LogP contribution in [0, 0.1) is 0 Å². The number of likely N-dealkylation sites (N-methyl/N-ethyl adjacent to an activating group) is 2.